The third-order valence-electron chi connectivity index (χ3n) is 4.23. The van der Waals surface area contributed by atoms with Crippen LogP contribution in [0.1, 0.15) is 34.5 Å². The van der Waals surface area contributed by atoms with Crippen molar-refractivity contribution in [1.82, 2.24) is 9.27 Å². The molecule has 3 rings (SSSR count). The summed E-state index contributed by atoms with van der Waals surface area (Å²) in [6.45, 7) is 2.86. The summed E-state index contributed by atoms with van der Waals surface area (Å²) >= 11 is 7.49. The average molecular weight is 337 g/mol. The number of nitrogens with zero attached hydrogens (tertiary/aromatic N) is 2. The Morgan fingerprint density at radius 3 is 2.64 bits per heavy atom. The summed E-state index contributed by atoms with van der Waals surface area (Å²) in [5.41, 5.74) is 1.21. The van der Waals surface area contributed by atoms with Crippen LogP contribution in [0.15, 0.2) is 29.6 Å². The number of aliphatic hydroxyl groups is 1. The fourth-order valence-corrected chi connectivity index (χ4v) is 3.85. The number of halogens is 1. The number of aryl methyl sites for hydroxylation is 1. The Kier molecular flexibility index (Phi) is 4.21. The van der Waals surface area contributed by atoms with Gasteiger partial charge in [-0.25, -0.2) is 0 Å². The molecular weight excluding hydrogens is 320 g/mol. The minimum atomic E-state index is -0.961. The average Bonchev–Trinajstić information content (AvgIpc) is 2.94. The Morgan fingerprint density at radius 2 is 2.05 bits per heavy atom. The summed E-state index contributed by atoms with van der Waals surface area (Å²) in [5.74, 6) is -0.00698. The number of hydrogen-bond donors (Lipinski definition) is 1. The van der Waals surface area contributed by atoms with Gasteiger partial charge in [-0.05, 0) is 37.4 Å². The molecule has 1 aliphatic rings. The van der Waals surface area contributed by atoms with Gasteiger partial charge in [0.2, 0.25) is 0 Å². The van der Waals surface area contributed by atoms with Crippen LogP contribution in [-0.2, 0) is 5.60 Å². The molecule has 1 aromatic carbocycles. The van der Waals surface area contributed by atoms with Gasteiger partial charge in [-0.3, -0.25) is 4.79 Å². The van der Waals surface area contributed by atoms with Crippen molar-refractivity contribution in [3.05, 3.63) is 51.5 Å². The van der Waals surface area contributed by atoms with E-state index in [0.717, 1.165) is 11.3 Å². The van der Waals surface area contributed by atoms with E-state index in [1.165, 1.54) is 11.5 Å². The van der Waals surface area contributed by atoms with Crippen molar-refractivity contribution in [3.63, 3.8) is 0 Å². The summed E-state index contributed by atoms with van der Waals surface area (Å²) in [6.07, 6.45) is 0.970. The molecule has 1 amide bonds. The molecule has 0 spiro atoms. The summed E-state index contributed by atoms with van der Waals surface area (Å²) in [7, 11) is 0. The molecule has 6 heteroatoms. The molecule has 0 aliphatic carbocycles. The van der Waals surface area contributed by atoms with Gasteiger partial charge >= 0.3 is 0 Å². The maximum Gasteiger partial charge on any atom is 0.256 e. The molecule has 1 fully saturated rings. The van der Waals surface area contributed by atoms with Gasteiger partial charge in [-0.15, -0.1) is 0 Å². The fraction of sp³-hybridized carbons (Fsp3) is 0.375. The molecule has 0 unspecified atom stereocenters. The molecule has 2 aromatic rings. The number of carbonyl (C=O) groups excluding carboxylic acids is 1. The van der Waals surface area contributed by atoms with Crippen LogP contribution in [0.25, 0.3) is 0 Å². The van der Waals surface area contributed by atoms with Gasteiger partial charge < -0.3 is 10.0 Å². The number of hydrogen-bond acceptors (Lipinski definition) is 4. The van der Waals surface area contributed by atoms with Crippen LogP contribution in [0.5, 0.6) is 0 Å². The van der Waals surface area contributed by atoms with Gasteiger partial charge in [0.15, 0.2) is 0 Å². The molecule has 1 saturated heterocycles. The number of benzene rings is 1. The van der Waals surface area contributed by atoms with Crippen molar-refractivity contribution in [2.75, 3.05) is 13.1 Å². The predicted octanol–water partition coefficient (Wildman–Crippen LogP) is 3.23. The van der Waals surface area contributed by atoms with Crippen molar-refractivity contribution < 1.29 is 9.90 Å². The van der Waals surface area contributed by atoms with Crippen molar-refractivity contribution >= 4 is 29.0 Å². The standard InChI is InChI=1S/C16H17ClN2O2S/c1-11-12(10-22-18-11)15(20)19-8-6-16(21,7-9-19)13-4-2-3-5-14(13)17/h2-5,10,21H,6-9H2,1H3. The van der Waals surface area contributed by atoms with E-state index >= 15 is 0 Å². The van der Waals surface area contributed by atoms with Crippen LogP contribution in [0, 0.1) is 6.92 Å². The molecule has 2 heterocycles. The number of rotatable bonds is 2. The van der Waals surface area contributed by atoms with E-state index < -0.39 is 5.60 Å². The second kappa shape index (κ2) is 5.99. The van der Waals surface area contributed by atoms with Crippen molar-refractivity contribution in [2.45, 2.75) is 25.4 Å². The molecule has 0 radical (unpaired) electrons. The second-order valence-corrected chi connectivity index (χ2v) is 6.65. The Balaban J connectivity index is 1.74. The van der Waals surface area contributed by atoms with Gasteiger partial charge in [0.1, 0.15) is 0 Å². The van der Waals surface area contributed by atoms with Crippen LogP contribution in [-0.4, -0.2) is 33.4 Å². The Hall–Kier alpha value is -1.43. The highest BCUT2D eigenvalue weighted by atomic mass is 35.5. The van der Waals surface area contributed by atoms with Crippen molar-refractivity contribution in [2.24, 2.45) is 0 Å². The third-order valence-corrected chi connectivity index (χ3v) is 5.28. The Bertz CT molecular complexity index is 693. The van der Waals surface area contributed by atoms with Gasteiger partial charge in [0, 0.05) is 29.1 Å². The Morgan fingerprint density at radius 1 is 1.36 bits per heavy atom. The lowest BCUT2D eigenvalue weighted by Gasteiger charge is -2.38. The van der Waals surface area contributed by atoms with Gasteiger partial charge in [-0.1, -0.05) is 29.8 Å². The summed E-state index contributed by atoms with van der Waals surface area (Å²) in [4.78, 5) is 14.3. The van der Waals surface area contributed by atoms with E-state index in [9.17, 15) is 9.90 Å². The number of aromatic nitrogens is 1. The van der Waals surface area contributed by atoms with E-state index in [0.29, 0.717) is 36.5 Å². The van der Waals surface area contributed by atoms with Crippen LogP contribution >= 0.6 is 23.1 Å². The SMILES string of the molecule is Cc1nscc1C(=O)N1CCC(O)(c2ccccc2Cl)CC1. The summed E-state index contributed by atoms with van der Waals surface area (Å²) in [5, 5.41) is 13.2. The monoisotopic (exact) mass is 336 g/mol. The highest BCUT2D eigenvalue weighted by Gasteiger charge is 2.37. The second-order valence-electron chi connectivity index (χ2n) is 5.62. The van der Waals surface area contributed by atoms with Crippen LogP contribution in [0.3, 0.4) is 0 Å². The quantitative estimate of drug-likeness (QED) is 0.916. The van der Waals surface area contributed by atoms with Crippen LogP contribution < -0.4 is 0 Å². The molecule has 0 bridgehead atoms. The molecule has 0 saturated carbocycles. The topological polar surface area (TPSA) is 53.4 Å². The minimum absolute atomic E-state index is 0.00698. The third kappa shape index (κ3) is 2.76. The zero-order valence-electron chi connectivity index (χ0n) is 12.3. The largest absolute Gasteiger partial charge is 0.385 e. The molecule has 22 heavy (non-hydrogen) atoms. The van der Waals surface area contributed by atoms with Gasteiger partial charge in [0.05, 0.1) is 16.9 Å². The highest BCUT2D eigenvalue weighted by Crippen LogP contribution is 2.37. The lowest BCUT2D eigenvalue weighted by atomic mass is 9.84. The van der Waals surface area contributed by atoms with Crippen molar-refractivity contribution in [1.29, 1.82) is 0 Å². The van der Waals surface area contributed by atoms with E-state index in [1.54, 1.807) is 16.3 Å². The smallest absolute Gasteiger partial charge is 0.256 e. The highest BCUT2D eigenvalue weighted by molar-refractivity contribution is 7.03. The molecule has 0 atom stereocenters. The molecular formula is C16H17ClN2O2S. The molecule has 4 nitrogen and oxygen atoms in total. The minimum Gasteiger partial charge on any atom is -0.385 e. The maximum atomic E-state index is 12.5. The van der Waals surface area contributed by atoms with E-state index in [2.05, 4.69) is 4.37 Å². The zero-order valence-corrected chi connectivity index (χ0v) is 13.8. The fourth-order valence-electron chi connectivity index (χ4n) is 2.86. The summed E-state index contributed by atoms with van der Waals surface area (Å²) < 4.78 is 4.15. The summed E-state index contributed by atoms with van der Waals surface area (Å²) in [6, 6.07) is 7.36. The van der Waals surface area contributed by atoms with Gasteiger partial charge in [-0.2, -0.15) is 4.37 Å². The van der Waals surface area contributed by atoms with Crippen molar-refractivity contribution in [3.8, 4) is 0 Å². The predicted molar refractivity (Wildman–Crippen MR) is 87.3 cm³/mol. The lowest BCUT2D eigenvalue weighted by molar-refractivity contribution is -0.0210. The maximum absolute atomic E-state index is 12.5. The van der Waals surface area contributed by atoms with E-state index in [4.69, 9.17) is 11.6 Å². The van der Waals surface area contributed by atoms with Gasteiger partial charge in [0.25, 0.3) is 5.91 Å². The first-order valence-electron chi connectivity index (χ1n) is 7.19. The Labute approximate surface area is 138 Å². The van der Waals surface area contributed by atoms with E-state index in [-0.39, 0.29) is 5.91 Å². The molecule has 1 aliphatic heterocycles. The number of likely N-dealkylation sites (tertiary alicyclic amines) is 1. The normalized spacial score (nSPS) is 17.5. The number of piperidine rings is 1. The number of amides is 1. The molecule has 1 N–H and O–H groups in total. The first-order valence-corrected chi connectivity index (χ1v) is 8.40. The molecule has 1 aromatic heterocycles. The first-order chi connectivity index (χ1) is 10.5. The zero-order chi connectivity index (χ0) is 15.7. The van der Waals surface area contributed by atoms with Crippen LogP contribution in [0.4, 0.5) is 0 Å². The number of carbonyl (C=O) groups is 1. The van der Waals surface area contributed by atoms with Crippen LogP contribution in [0.2, 0.25) is 5.02 Å². The first kappa shape index (κ1) is 15.5. The molecule has 116 valence electrons. The lowest BCUT2D eigenvalue weighted by Crippen LogP contribution is -2.45. The van der Waals surface area contributed by atoms with E-state index in [1.807, 2.05) is 25.1 Å².